The highest BCUT2D eigenvalue weighted by Crippen LogP contribution is 2.20. The van der Waals surface area contributed by atoms with Gasteiger partial charge in [0.15, 0.2) is 0 Å². The monoisotopic (exact) mass is 448 g/mol. The number of hydrogen-bond donors (Lipinski definition) is 1. The summed E-state index contributed by atoms with van der Waals surface area (Å²) >= 11 is 5.89. The van der Waals surface area contributed by atoms with Crippen molar-refractivity contribution in [1.29, 1.82) is 0 Å². The maximum atomic E-state index is 12.9. The molecule has 168 valence electrons. The second kappa shape index (κ2) is 10.5. The summed E-state index contributed by atoms with van der Waals surface area (Å²) in [7, 11) is 1.51. The summed E-state index contributed by atoms with van der Waals surface area (Å²) in [4.78, 5) is 35.9. The smallest absolute Gasteiger partial charge is 0.410 e. The summed E-state index contributed by atoms with van der Waals surface area (Å²) in [6, 6.07) is 9.28. The molecule has 0 saturated heterocycles. The van der Waals surface area contributed by atoms with Crippen LogP contribution < -0.4 is 0 Å². The molecule has 0 aliphatic carbocycles. The third-order valence-corrected chi connectivity index (χ3v) is 4.32. The van der Waals surface area contributed by atoms with E-state index in [0.717, 1.165) is 11.1 Å². The van der Waals surface area contributed by atoms with E-state index >= 15 is 0 Å². The molecular weight excluding hydrogens is 420 g/mol. The molecule has 1 unspecified atom stereocenters. The highest BCUT2D eigenvalue weighted by Gasteiger charge is 2.24. The molecule has 8 nitrogen and oxygen atoms in total. The van der Waals surface area contributed by atoms with E-state index in [1.54, 1.807) is 40.0 Å². The molecule has 2 aromatic rings. The van der Waals surface area contributed by atoms with Gasteiger partial charge in [-0.25, -0.2) is 14.8 Å². The first-order valence-corrected chi connectivity index (χ1v) is 10.3. The van der Waals surface area contributed by atoms with Crippen LogP contribution in [0.15, 0.2) is 36.5 Å². The Morgan fingerprint density at radius 2 is 1.97 bits per heavy atom. The van der Waals surface area contributed by atoms with Crippen molar-refractivity contribution in [2.45, 2.75) is 45.9 Å². The first kappa shape index (κ1) is 24.6. The molecule has 2 amide bonds. The fourth-order valence-electron chi connectivity index (χ4n) is 2.83. The molecule has 31 heavy (non-hydrogen) atoms. The zero-order valence-corrected chi connectivity index (χ0v) is 19.3. The van der Waals surface area contributed by atoms with E-state index < -0.39 is 17.8 Å². The number of hydrogen-bond acceptors (Lipinski definition) is 6. The molecule has 2 rings (SSSR count). The van der Waals surface area contributed by atoms with Gasteiger partial charge in [-0.15, -0.1) is 0 Å². The molecule has 0 aliphatic heterocycles. The fraction of sp³-hybridized carbons (Fsp3) is 0.455. The van der Waals surface area contributed by atoms with Crippen molar-refractivity contribution in [3.63, 3.8) is 0 Å². The molecule has 0 bridgehead atoms. The van der Waals surface area contributed by atoms with Crippen LogP contribution in [0.3, 0.4) is 0 Å². The lowest BCUT2D eigenvalue weighted by Gasteiger charge is -2.28. The summed E-state index contributed by atoms with van der Waals surface area (Å²) in [5.41, 5.74) is 1.69. The van der Waals surface area contributed by atoms with E-state index in [1.807, 2.05) is 24.3 Å². The van der Waals surface area contributed by atoms with E-state index in [9.17, 15) is 14.7 Å². The van der Waals surface area contributed by atoms with E-state index in [0.29, 0.717) is 5.69 Å². The zero-order valence-electron chi connectivity index (χ0n) is 18.5. The highest BCUT2D eigenvalue weighted by atomic mass is 35.5. The maximum absolute atomic E-state index is 12.9. The number of aromatic nitrogens is 2. The third kappa shape index (κ3) is 8.15. The number of likely N-dealkylation sites (N-methyl/N-ethyl adjacent to an activating group) is 1. The second-order valence-corrected chi connectivity index (χ2v) is 8.71. The summed E-state index contributed by atoms with van der Waals surface area (Å²) in [6.07, 6.45) is 0.271. The van der Waals surface area contributed by atoms with Crippen molar-refractivity contribution in [3.8, 4) is 11.3 Å². The molecule has 0 aliphatic rings. The van der Waals surface area contributed by atoms with Gasteiger partial charge in [0.05, 0.1) is 11.8 Å². The van der Waals surface area contributed by atoms with Gasteiger partial charge in [0, 0.05) is 31.9 Å². The van der Waals surface area contributed by atoms with E-state index in [-0.39, 0.29) is 30.8 Å². The Morgan fingerprint density at radius 3 is 2.58 bits per heavy atom. The van der Waals surface area contributed by atoms with Crippen LogP contribution in [0.2, 0.25) is 5.28 Å². The average Bonchev–Trinajstić information content (AvgIpc) is 2.66. The van der Waals surface area contributed by atoms with Gasteiger partial charge in [0.1, 0.15) is 12.1 Å². The minimum atomic E-state index is -0.723. The lowest BCUT2D eigenvalue weighted by molar-refractivity contribution is -0.134. The number of aliphatic hydroxyl groups excluding tert-OH is 1. The fourth-order valence-corrected chi connectivity index (χ4v) is 2.97. The predicted molar refractivity (Wildman–Crippen MR) is 118 cm³/mol. The molecule has 0 spiro atoms. The summed E-state index contributed by atoms with van der Waals surface area (Å²) < 4.78 is 5.30. The normalized spacial score (nSPS) is 12.2. The third-order valence-electron chi connectivity index (χ3n) is 4.14. The Morgan fingerprint density at radius 1 is 1.26 bits per heavy atom. The second-order valence-electron chi connectivity index (χ2n) is 8.37. The van der Waals surface area contributed by atoms with Gasteiger partial charge >= 0.3 is 6.09 Å². The van der Waals surface area contributed by atoms with Crippen molar-refractivity contribution < 1.29 is 19.4 Å². The minimum Gasteiger partial charge on any atom is -0.444 e. The maximum Gasteiger partial charge on any atom is 0.410 e. The molecule has 1 atom stereocenters. The van der Waals surface area contributed by atoms with Crippen LogP contribution in [-0.4, -0.2) is 68.7 Å². The number of amides is 2. The van der Waals surface area contributed by atoms with E-state index in [2.05, 4.69) is 9.97 Å². The molecule has 9 heteroatoms. The van der Waals surface area contributed by atoms with Crippen LogP contribution in [0.1, 0.15) is 33.3 Å². The first-order valence-electron chi connectivity index (χ1n) is 9.92. The molecule has 1 aromatic heterocycles. The number of benzene rings is 1. The molecule has 0 saturated carbocycles. The Hall–Kier alpha value is -2.71. The average molecular weight is 449 g/mol. The summed E-state index contributed by atoms with van der Waals surface area (Å²) in [5, 5.41) is 10.0. The SMILES string of the molecule is CC(O)CN(Cc1cccc(-c2ccnc(Cl)n2)c1)C(=O)CN(C)C(=O)OC(C)(C)C. The number of carbonyl (C=O) groups excluding carboxylic acids is 2. The number of aliphatic hydroxyl groups is 1. The highest BCUT2D eigenvalue weighted by molar-refractivity contribution is 6.28. The van der Waals surface area contributed by atoms with Crippen molar-refractivity contribution in [3.05, 3.63) is 47.4 Å². The van der Waals surface area contributed by atoms with Crippen molar-refractivity contribution in [2.24, 2.45) is 0 Å². The van der Waals surface area contributed by atoms with Crippen molar-refractivity contribution >= 4 is 23.6 Å². The summed E-state index contributed by atoms with van der Waals surface area (Å²) in [5.74, 6) is -0.301. The molecule has 1 heterocycles. The molecular formula is C22H29ClN4O4. The molecule has 0 radical (unpaired) electrons. The first-order chi connectivity index (χ1) is 14.4. The quantitative estimate of drug-likeness (QED) is 0.652. The van der Waals surface area contributed by atoms with Gasteiger partial charge in [-0.2, -0.15) is 0 Å². The van der Waals surface area contributed by atoms with Gasteiger partial charge in [0.2, 0.25) is 11.2 Å². The van der Waals surface area contributed by atoms with Crippen molar-refractivity contribution in [2.75, 3.05) is 20.1 Å². The summed E-state index contributed by atoms with van der Waals surface area (Å²) in [6.45, 7) is 7.12. The Bertz CT molecular complexity index is 914. The van der Waals surface area contributed by atoms with Gasteiger partial charge in [-0.3, -0.25) is 4.79 Å². The van der Waals surface area contributed by atoms with Gasteiger partial charge in [-0.05, 0) is 57.0 Å². The van der Waals surface area contributed by atoms with E-state index in [4.69, 9.17) is 16.3 Å². The van der Waals surface area contributed by atoms with Gasteiger partial charge in [0.25, 0.3) is 0 Å². The number of rotatable bonds is 7. The van der Waals surface area contributed by atoms with Gasteiger partial charge < -0.3 is 19.6 Å². The molecule has 1 N–H and O–H groups in total. The molecule has 0 fully saturated rings. The van der Waals surface area contributed by atoms with Crippen LogP contribution >= 0.6 is 11.6 Å². The van der Waals surface area contributed by atoms with Crippen LogP contribution in [-0.2, 0) is 16.1 Å². The van der Waals surface area contributed by atoms with Crippen LogP contribution in [0.5, 0.6) is 0 Å². The standard InChI is InChI=1S/C22H29ClN4O4/c1-15(28)12-27(19(29)14-26(5)21(30)31-22(2,3)4)13-16-7-6-8-17(11-16)18-9-10-24-20(23)25-18/h6-11,15,28H,12-14H2,1-5H3. The van der Waals surface area contributed by atoms with Gasteiger partial charge in [-0.1, -0.05) is 18.2 Å². The lowest BCUT2D eigenvalue weighted by Crippen LogP contribution is -2.44. The number of ether oxygens (including phenoxy) is 1. The Balaban J connectivity index is 2.15. The topological polar surface area (TPSA) is 95.9 Å². The lowest BCUT2D eigenvalue weighted by atomic mass is 10.1. The zero-order chi connectivity index (χ0) is 23.2. The number of halogens is 1. The molecule has 1 aromatic carbocycles. The Labute approximate surface area is 187 Å². The van der Waals surface area contributed by atoms with Crippen molar-refractivity contribution in [1.82, 2.24) is 19.8 Å². The Kier molecular flexibility index (Phi) is 8.36. The van der Waals surface area contributed by atoms with Crippen LogP contribution in [0.4, 0.5) is 4.79 Å². The van der Waals surface area contributed by atoms with Crippen LogP contribution in [0, 0.1) is 0 Å². The number of carbonyl (C=O) groups is 2. The minimum absolute atomic E-state index is 0.130. The predicted octanol–water partition coefficient (Wildman–Crippen LogP) is 3.37. The number of nitrogens with zero attached hydrogens (tertiary/aromatic N) is 4. The van der Waals surface area contributed by atoms with Crippen LogP contribution in [0.25, 0.3) is 11.3 Å². The van der Waals surface area contributed by atoms with E-state index in [1.165, 1.54) is 16.8 Å². The largest absolute Gasteiger partial charge is 0.444 e.